The van der Waals surface area contributed by atoms with Gasteiger partial charge in [-0.05, 0) is 31.9 Å². The molecule has 1 fully saturated rings. The highest BCUT2D eigenvalue weighted by molar-refractivity contribution is 5.62. The van der Waals surface area contributed by atoms with Crippen molar-refractivity contribution in [2.24, 2.45) is 0 Å². The van der Waals surface area contributed by atoms with E-state index in [2.05, 4.69) is 40.8 Å². The number of anilines is 1. The fourth-order valence-corrected chi connectivity index (χ4v) is 4.31. The normalized spacial score (nSPS) is 16.1. The molecular formula is C26H27N5O. The molecule has 0 amide bonds. The molecule has 162 valence electrons. The highest BCUT2D eigenvalue weighted by Gasteiger charge is 2.33. The van der Waals surface area contributed by atoms with Gasteiger partial charge in [0.25, 0.3) is 0 Å². The van der Waals surface area contributed by atoms with E-state index in [9.17, 15) is 0 Å². The van der Waals surface area contributed by atoms with Gasteiger partial charge in [-0.25, -0.2) is 15.0 Å². The maximum atomic E-state index is 6.41. The third-order valence-corrected chi connectivity index (χ3v) is 5.85. The summed E-state index contributed by atoms with van der Waals surface area (Å²) in [7, 11) is 0. The lowest BCUT2D eigenvalue weighted by Gasteiger charge is -2.24. The van der Waals surface area contributed by atoms with E-state index < -0.39 is 0 Å². The zero-order chi connectivity index (χ0) is 22.1. The Morgan fingerprint density at radius 2 is 1.75 bits per heavy atom. The average molecular weight is 426 g/mol. The van der Waals surface area contributed by atoms with Crippen LogP contribution >= 0.6 is 0 Å². The smallest absolute Gasteiger partial charge is 0.217 e. The molecule has 3 aromatic heterocycles. The largest absolute Gasteiger partial charge is 0.442 e. The van der Waals surface area contributed by atoms with Crippen molar-refractivity contribution >= 4 is 5.82 Å². The predicted molar refractivity (Wildman–Crippen MR) is 125 cm³/mol. The van der Waals surface area contributed by atoms with Crippen LogP contribution in [0, 0.1) is 6.92 Å². The lowest BCUT2D eigenvalue weighted by Crippen LogP contribution is -2.24. The van der Waals surface area contributed by atoms with Crippen LogP contribution in [0.2, 0.25) is 0 Å². The summed E-state index contributed by atoms with van der Waals surface area (Å²) in [4.78, 5) is 21.0. The molecule has 0 saturated carbocycles. The summed E-state index contributed by atoms with van der Waals surface area (Å²) in [5.74, 6) is 3.59. The van der Waals surface area contributed by atoms with Crippen molar-refractivity contribution in [2.45, 2.75) is 45.6 Å². The lowest BCUT2D eigenvalue weighted by molar-refractivity contribution is 0.408. The molecule has 1 aliphatic heterocycles. The molecule has 1 atom stereocenters. The van der Waals surface area contributed by atoms with Crippen molar-refractivity contribution in [3.63, 3.8) is 0 Å². The fourth-order valence-electron chi connectivity index (χ4n) is 4.31. The molecule has 0 radical (unpaired) electrons. The van der Waals surface area contributed by atoms with E-state index >= 15 is 0 Å². The summed E-state index contributed by atoms with van der Waals surface area (Å²) < 4.78 is 6.41. The van der Waals surface area contributed by atoms with Crippen molar-refractivity contribution in [3.8, 4) is 22.6 Å². The van der Waals surface area contributed by atoms with Gasteiger partial charge >= 0.3 is 0 Å². The first-order valence-electron chi connectivity index (χ1n) is 11.2. The van der Waals surface area contributed by atoms with E-state index in [1.807, 2.05) is 43.3 Å². The minimum absolute atomic E-state index is 0.0598. The van der Waals surface area contributed by atoms with Gasteiger partial charge in [0.2, 0.25) is 5.89 Å². The quantitative estimate of drug-likeness (QED) is 0.393. The first-order chi connectivity index (χ1) is 15.6. The van der Waals surface area contributed by atoms with Crippen molar-refractivity contribution in [3.05, 3.63) is 78.3 Å². The highest BCUT2D eigenvalue weighted by Crippen LogP contribution is 2.39. The predicted octanol–water partition coefficient (Wildman–Crippen LogP) is 5.97. The van der Waals surface area contributed by atoms with Crippen molar-refractivity contribution in [1.29, 1.82) is 0 Å². The summed E-state index contributed by atoms with van der Waals surface area (Å²) >= 11 is 0. The number of aromatic nitrogens is 4. The number of rotatable bonds is 5. The SMILES string of the molecule is Cc1cc(N2CCC[C@@H]2c2nc(-c3ccccc3)c(C(C)C)o2)nc(-c2ccncc2)n1. The topological polar surface area (TPSA) is 67.9 Å². The molecule has 4 aromatic rings. The molecule has 0 bridgehead atoms. The molecule has 5 rings (SSSR count). The van der Waals surface area contributed by atoms with E-state index in [-0.39, 0.29) is 12.0 Å². The maximum absolute atomic E-state index is 6.41. The van der Waals surface area contributed by atoms with Crippen LogP contribution in [0.1, 0.15) is 56.0 Å². The Labute approximate surface area is 188 Å². The molecule has 32 heavy (non-hydrogen) atoms. The molecule has 6 heteroatoms. The van der Waals surface area contributed by atoms with Crippen molar-refractivity contribution in [2.75, 3.05) is 11.4 Å². The Kier molecular flexibility index (Phi) is 5.43. The van der Waals surface area contributed by atoms with Crippen LogP contribution in [0.5, 0.6) is 0 Å². The highest BCUT2D eigenvalue weighted by atomic mass is 16.4. The number of pyridine rings is 1. The van der Waals surface area contributed by atoms with Gasteiger partial charge in [-0.15, -0.1) is 0 Å². The molecule has 4 heterocycles. The lowest BCUT2D eigenvalue weighted by atomic mass is 10.0. The molecule has 1 aromatic carbocycles. The van der Waals surface area contributed by atoms with Crippen LogP contribution in [0.4, 0.5) is 5.82 Å². The van der Waals surface area contributed by atoms with Crippen LogP contribution < -0.4 is 4.90 Å². The molecule has 6 nitrogen and oxygen atoms in total. The third kappa shape index (κ3) is 3.88. The number of benzene rings is 1. The number of oxazole rings is 1. The van der Waals surface area contributed by atoms with E-state index in [4.69, 9.17) is 14.4 Å². The van der Waals surface area contributed by atoms with E-state index in [0.717, 1.165) is 59.4 Å². The van der Waals surface area contributed by atoms with Crippen LogP contribution in [-0.2, 0) is 0 Å². The van der Waals surface area contributed by atoms with Crippen LogP contribution in [0.3, 0.4) is 0 Å². The Morgan fingerprint density at radius 1 is 0.969 bits per heavy atom. The summed E-state index contributed by atoms with van der Waals surface area (Å²) in [6, 6.07) is 16.3. The standard InChI is InChI=1S/C26H27N5O/c1-17(2)24-23(19-8-5-4-6-9-19)30-26(32-24)21-10-7-15-31(21)22-16-18(3)28-25(29-22)20-11-13-27-14-12-20/h4-6,8-9,11-14,16-17,21H,7,10,15H2,1-3H3/t21-/m1/s1. The first kappa shape index (κ1) is 20.4. The summed E-state index contributed by atoms with van der Waals surface area (Å²) in [6.45, 7) is 7.23. The zero-order valence-corrected chi connectivity index (χ0v) is 18.7. The van der Waals surface area contributed by atoms with Gasteiger partial charge in [-0.1, -0.05) is 44.2 Å². The van der Waals surface area contributed by atoms with Gasteiger partial charge in [0.15, 0.2) is 5.82 Å². The van der Waals surface area contributed by atoms with Crippen molar-refractivity contribution < 1.29 is 4.42 Å². The van der Waals surface area contributed by atoms with Crippen LogP contribution in [0.25, 0.3) is 22.6 Å². The van der Waals surface area contributed by atoms with Gasteiger partial charge in [-0.3, -0.25) is 4.98 Å². The van der Waals surface area contributed by atoms with Crippen LogP contribution in [-0.4, -0.2) is 26.5 Å². The van der Waals surface area contributed by atoms with Crippen LogP contribution in [0.15, 0.2) is 65.3 Å². The number of hydrogen-bond donors (Lipinski definition) is 0. The Hall–Kier alpha value is -3.54. The zero-order valence-electron chi connectivity index (χ0n) is 18.7. The monoisotopic (exact) mass is 425 g/mol. The second-order valence-electron chi connectivity index (χ2n) is 8.56. The van der Waals surface area contributed by atoms with Crippen molar-refractivity contribution in [1.82, 2.24) is 19.9 Å². The van der Waals surface area contributed by atoms with Gasteiger partial charge in [0.05, 0.1) is 0 Å². The Bertz CT molecular complexity index is 1200. The van der Waals surface area contributed by atoms with Gasteiger partial charge in [0, 0.05) is 47.7 Å². The second kappa shape index (κ2) is 8.54. The van der Waals surface area contributed by atoms with E-state index in [1.165, 1.54) is 0 Å². The Balaban J connectivity index is 1.53. The second-order valence-corrected chi connectivity index (χ2v) is 8.56. The fraction of sp³-hybridized carbons (Fsp3) is 0.308. The molecule has 0 aliphatic carbocycles. The molecular weight excluding hydrogens is 398 g/mol. The average Bonchev–Trinajstić information content (AvgIpc) is 3.47. The minimum atomic E-state index is 0.0598. The summed E-state index contributed by atoms with van der Waals surface area (Å²) in [6.07, 6.45) is 5.59. The first-order valence-corrected chi connectivity index (χ1v) is 11.2. The molecule has 1 aliphatic rings. The number of aryl methyl sites for hydroxylation is 1. The van der Waals surface area contributed by atoms with E-state index in [0.29, 0.717) is 5.82 Å². The minimum Gasteiger partial charge on any atom is -0.442 e. The summed E-state index contributed by atoms with van der Waals surface area (Å²) in [5, 5.41) is 0. The summed E-state index contributed by atoms with van der Waals surface area (Å²) in [5.41, 5.74) is 3.94. The molecule has 0 unspecified atom stereocenters. The van der Waals surface area contributed by atoms with Gasteiger partial charge in [-0.2, -0.15) is 0 Å². The molecule has 0 spiro atoms. The third-order valence-electron chi connectivity index (χ3n) is 5.85. The Morgan fingerprint density at radius 3 is 2.50 bits per heavy atom. The maximum Gasteiger partial charge on any atom is 0.217 e. The number of hydrogen-bond acceptors (Lipinski definition) is 6. The van der Waals surface area contributed by atoms with E-state index in [1.54, 1.807) is 12.4 Å². The molecule has 1 saturated heterocycles. The number of nitrogens with zero attached hydrogens (tertiary/aromatic N) is 5. The van der Waals surface area contributed by atoms with Gasteiger partial charge < -0.3 is 9.32 Å². The van der Waals surface area contributed by atoms with Gasteiger partial charge in [0.1, 0.15) is 23.3 Å². The molecule has 0 N–H and O–H groups in total.